The van der Waals surface area contributed by atoms with E-state index in [9.17, 15) is 8.78 Å². The number of hydrogen-bond acceptors (Lipinski definition) is 2. The van der Waals surface area contributed by atoms with E-state index in [0.717, 1.165) is 6.42 Å². The van der Waals surface area contributed by atoms with Crippen LogP contribution in [0.4, 0.5) is 8.78 Å². The highest BCUT2D eigenvalue weighted by Crippen LogP contribution is 2.34. The van der Waals surface area contributed by atoms with Crippen molar-refractivity contribution in [2.45, 2.75) is 30.7 Å². The fraction of sp³-hybridized carbons (Fsp3) is 1.00. The Bertz CT molecular complexity index is 166. The minimum atomic E-state index is -2.51. The van der Waals surface area contributed by atoms with Crippen molar-refractivity contribution in [3.8, 4) is 0 Å². The molecule has 2 heterocycles. The summed E-state index contributed by atoms with van der Waals surface area (Å²) in [5.74, 6) is -2.51. The van der Waals surface area contributed by atoms with Crippen molar-refractivity contribution in [1.82, 2.24) is 5.32 Å². The fourth-order valence-electron chi connectivity index (χ4n) is 1.86. The van der Waals surface area contributed by atoms with E-state index >= 15 is 0 Å². The lowest BCUT2D eigenvalue weighted by molar-refractivity contribution is -0.0469. The number of alkyl halides is 2. The number of nitrogens with one attached hydrogen (secondary N) is 1. The Morgan fingerprint density at radius 2 is 2.00 bits per heavy atom. The summed E-state index contributed by atoms with van der Waals surface area (Å²) in [7, 11) is 0. The van der Waals surface area contributed by atoms with E-state index in [1.807, 2.05) is 0 Å². The molecule has 4 heteroatoms. The van der Waals surface area contributed by atoms with E-state index in [0.29, 0.717) is 19.6 Å². The summed E-state index contributed by atoms with van der Waals surface area (Å²) >= 11 is 0. The van der Waals surface area contributed by atoms with Crippen LogP contribution in [-0.4, -0.2) is 31.2 Å². The first-order valence-electron chi connectivity index (χ1n) is 4.33. The molecule has 12 heavy (non-hydrogen) atoms. The van der Waals surface area contributed by atoms with Crippen molar-refractivity contribution in [3.63, 3.8) is 0 Å². The fourth-order valence-corrected chi connectivity index (χ4v) is 1.86. The van der Waals surface area contributed by atoms with Crippen molar-refractivity contribution in [3.05, 3.63) is 0 Å². The topological polar surface area (TPSA) is 21.3 Å². The van der Waals surface area contributed by atoms with Gasteiger partial charge < -0.3 is 10.1 Å². The summed E-state index contributed by atoms with van der Waals surface area (Å²) in [5, 5.41) is 2.91. The van der Waals surface area contributed by atoms with E-state index < -0.39 is 5.92 Å². The van der Waals surface area contributed by atoms with Crippen LogP contribution in [0.5, 0.6) is 0 Å². The van der Waals surface area contributed by atoms with Gasteiger partial charge in [0.15, 0.2) is 0 Å². The molecular weight excluding hydrogens is 164 g/mol. The first-order chi connectivity index (χ1) is 5.62. The molecule has 2 saturated heterocycles. The zero-order chi connectivity index (χ0) is 8.66. The van der Waals surface area contributed by atoms with E-state index in [1.165, 1.54) is 0 Å². The summed E-state index contributed by atoms with van der Waals surface area (Å²) in [5.41, 5.74) is -0.123. The molecule has 1 unspecified atom stereocenters. The number of halogens is 2. The number of hydrogen-bond donors (Lipinski definition) is 1. The van der Waals surface area contributed by atoms with Crippen LogP contribution in [0.1, 0.15) is 19.3 Å². The van der Waals surface area contributed by atoms with Gasteiger partial charge in [-0.2, -0.15) is 0 Å². The monoisotopic (exact) mass is 177 g/mol. The third-order valence-corrected chi connectivity index (χ3v) is 2.79. The maximum atomic E-state index is 12.7. The van der Waals surface area contributed by atoms with Gasteiger partial charge in [0, 0.05) is 18.6 Å². The highest BCUT2D eigenvalue weighted by Gasteiger charge is 2.44. The minimum Gasteiger partial charge on any atom is -0.379 e. The number of piperidine rings is 1. The molecule has 0 radical (unpaired) electrons. The molecule has 2 nitrogen and oxygen atoms in total. The van der Waals surface area contributed by atoms with Crippen LogP contribution in [0.15, 0.2) is 0 Å². The van der Waals surface area contributed by atoms with Crippen LogP contribution >= 0.6 is 0 Å². The van der Waals surface area contributed by atoms with Crippen LogP contribution in [-0.2, 0) is 4.74 Å². The van der Waals surface area contributed by atoms with Crippen LogP contribution in [0.2, 0.25) is 0 Å². The van der Waals surface area contributed by atoms with Gasteiger partial charge in [0.05, 0.1) is 13.2 Å². The van der Waals surface area contributed by atoms with Gasteiger partial charge in [0.2, 0.25) is 0 Å². The van der Waals surface area contributed by atoms with Crippen molar-refractivity contribution in [1.29, 1.82) is 0 Å². The van der Waals surface area contributed by atoms with E-state index in [2.05, 4.69) is 5.32 Å². The van der Waals surface area contributed by atoms with Crippen LogP contribution in [0.25, 0.3) is 0 Å². The summed E-state index contributed by atoms with van der Waals surface area (Å²) in [6, 6.07) is 0. The second-order valence-electron chi connectivity index (χ2n) is 3.79. The smallest absolute Gasteiger partial charge is 0.260 e. The molecule has 0 aliphatic carbocycles. The Labute approximate surface area is 70.3 Å². The maximum absolute atomic E-state index is 12.7. The number of ether oxygens (including phenoxy) is 1. The summed E-state index contributed by atoms with van der Waals surface area (Å²) in [6.07, 6.45) is 1.42. The quantitative estimate of drug-likeness (QED) is 0.599. The van der Waals surface area contributed by atoms with Gasteiger partial charge in [0.25, 0.3) is 5.92 Å². The predicted molar refractivity (Wildman–Crippen MR) is 40.4 cm³/mol. The van der Waals surface area contributed by atoms with Crippen molar-refractivity contribution in [2.75, 3.05) is 19.8 Å². The highest BCUT2D eigenvalue weighted by atomic mass is 19.3. The predicted octanol–water partition coefficient (Wildman–Crippen LogP) is 1.16. The molecule has 0 aromatic carbocycles. The van der Waals surface area contributed by atoms with E-state index in [-0.39, 0.29) is 18.5 Å². The molecule has 2 aliphatic heterocycles. The van der Waals surface area contributed by atoms with Gasteiger partial charge in [-0.1, -0.05) is 0 Å². The average Bonchev–Trinajstić information content (AvgIpc) is 2.46. The van der Waals surface area contributed by atoms with Crippen LogP contribution in [0, 0.1) is 0 Å². The molecule has 0 saturated carbocycles. The molecule has 0 aromatic heterocycles. The van der Waals surface area contributed by atoms with Gasteiger partial charge >= 0.3 is 0 Å². The van der Waals surface area contributed by atoms with Gasteiger partial charge in [-0.15, -0.1) is 0 Å². The van der Waals surface area contributed by atoms with Gasteiger partial charge in [-0.25, -0.2) is 8.78 Å². The molecule has 1 spiro atoms. The molecule has 2 fully saturated rings. The first-order valence-corrected chi connectivity index (χ1v) is 4.33. The Morgan fingerprint density at radius 3 is 2.50 bits per heavy atom. The minimum absolute atomic E-state index is 0.00333. The highest BCUT2D eigenvalue weighted by molar-refractivity contribution is 4.97. The van der Waals surface area contributed by atoms with Crippen LogP contribution in [0.3, 0.4) is 0 Å². The van der Waals surface area contributed by atoms with Crippen molar-refractivity contribution < 1.29 is 13.5 Å². The third kappa shape index (κ3) is 1.45. The molecule has 2 aliphatic rings. The zero-order valence-electron chi connectivity index (χ0n) is 6.91. The molecule has 0 bridgehead atoms. The average molecular weight is 177 g/mol. The van der Waals surface area contributed by atoms with Gasteiger partial charge in [-0.05, 0) is 12.8 Å². The lowest BCUT2D eigenvalue weighted by Crippen LogP contribution is -2.55. The maximum Gasteiger partial charge on any atom is 0.260 e. The van der Waals surface area contributed by atoms with Crippen molar-refractivity contribution >= 4 is 0 Å². The largest absolute Gasteiger partial charge is 0.379 e. The Morgan fingerprint density at radius 1 is 1.17 bits per heavy atom. The summed E-state index contributed by atoms with van der Waals surface area (Å²) < 4.78 is 30.7. The Balaban J connectivity index is 1.97. The number of rotatable bonds is 0. The first kappa shape index (κ1) is 8.38. The van der Waals surface area contributed by atoms with Gasteiger partial charge in [0.1, 0.15) is 0 Å². The third-order valence-electron chi connectivity index (χ3n) is 2.79. The SMILES string of the molecule is FC1(F)CCC2(CCOC2)NC1. The Hall–Kier alpha value is -0.220. The summed E-state index contributed by atoms with van der Waals surface area (Å²) in [4.78, 5) is 0. The molecule has 1 N–H and O–H groups in total. The second-order valence-corrected chi connectivity index (χ2v) is 3.79. The molecular formula is C8H13F2NO. The molecule has 1 atom stereocenters. The standard InChI is InChI=1S/C8H13F2NO/c9-8(10)2-1-7(11-5-8)3-4-12-6-7/h11H,1-6H2. The van der Waals surface area contributed by atoms with Crippen molar-refractivity contribution in [2.24, 2.45) is 0 Å². The normalized spacial score (nSPS) is 40.5. The molecule has 0 amide bonds. The molecule has 2 rings (SSSR count). The molecule has 70 valence electrons. The van der Waals surface area contributed by atoms with E-state index in [4.69, 9.17) is 4.74 Å². The van der Waals surface area contributed by atoms with Gasteiger partial charge in [-0.3, -0.25) is 0 Å². The Kier molecular flexibility index (Phi) is 1.84. The lowest BCUT2D eigenvalue weighted by Gasteiger charge is -2.37. The zero-order valence-corrected chi connectivity index (χ0v) is 6.91. The van der Waals surface area contributed by atoms with E-state index in [1.54, 1.807) is 0 Å². The molecule has 0 aromatic rings. The lowest BCUT2D eigenvalue weighted by atomic mass is 9.87. The summed E-state index contributed by atoms with van der Waals surface area (Å²) in [6.45, 7) is 1.12. The van der Waals surface area contributed by atoms with Crippen LogP contribution < -0.4 is 5.32 Å². The second kappa shape index (κ2) is 2.64.